The highest BCUT2D eigenvalue weighted by atomic mass is 15.1. The van der Waals surface area contributed by atoms with Gasteiger partial charge in [0.15, 0.2) is 0 Å². The standard InChI is InChI=1S/C15H19N3/c1-11-7-13(8-11)18-10-17-9-14(18)15(16)12-5-3-2-4-6-12/h2-6,9-11,13,15H,7-8,16H2,1H3. The molecule has 2 aromatic rings. The molecule has 1 aliphatic carbocycles. The van der Waals surface area contributed by atoms with E-state index in [0.29, 0.717) is 6.04 Å². The second-order valence-corrected chi connectivity index (χ2v) is 5.34. The third kappa shape index (κ3) is 1.95. The minimum absolute atomic E-state index is 0.0791. The summed E-state index contributed by atoms with van der Waals surface area (Å²) in [5, 5.41) is 0. The minimum Gasteiger partial charge on any atom is -0.330 e. The van der Waals surface area contributed by atoms with Crippen LogP contribution in [0.1, 0.15) is 43.1 Å². The number of hydrogen-bond acceptors (Lipinski definition) is 2. The van der Waals surface area contributed by atoms with E-state index in [-0.39, 0.29) is 6.04 Å². The highest BCUT2D eigenvalue weighted by Gasteiger charge is 2.29. The second-order valence-electron chi connectivity index (χ2n) is 5.34. The van der Waals surface area contributed by atoms with E-state index in [1.807, 2.05) is 30.7 Å². The van der Waals surface area contributed by atoms with Crippen molar-refractivity contribution in [2.24, 2.45) is 11.7 Å². The summed E-state index contributed by atoms with van der Waals surface area (Å²) in [7, 11) is 0. The number of nitrogens with two attached hydrogens (primary N) is 1. The van der Waals surface area contributed by atoms with Gasteiger partial charge in [-0.2, -0.15) is 0 Å². The van der Waals surface area contributed by atoms with Crippen molar-refractivity contribution in [2.45, 2.75) is 31.8 Å². The van der Waals surface area contributed by atoms with Crippen molar-refractivity contribution >= 4 is 0 Å². The molecule has 0 amide bonds. The lowest BCUT2D eigenvalue weighted by Crippen LogP contribution is -2.27. The fourth-order valence-electron chi connectivity index (χ4n) is 2.78. The summed E-state index contributed by atoms with van der Waals surface area (Å²) in [4.78, 5) is 4.28. The van der Waals surface area contributed by atoms with E-state index in [4.69, 9.17) is 5.73 Å². The van der Waals surface area contributed by atoms with Crippen molar-refractivity contribution in [1.29, 1.82) is 0 Å². The van der Waals surface area contributed by atoms with Crippen LogP contribution in [-0.2, 0) is 0 Å². The molecule has 1 aromatic heterocycles. The Morgan fingerprint density at radius 3 is 2.67 bits per heavy atom. The Kier molecular flexibility index (Phi) is 2.92. The van der Waals surface area contributed by atoms with Gasteiger partial charge >= 0.3 is 0 Å². The van der Waals surface area contributed by atoms with Crippen LogP contribution in [0.5, 0.6) is 0 Å². The molecule has 1 aliphatic rings. The lowest BCUT2D eigenvalue weighted by Gasteiger charge is -2.35. The van der Waals surface area contributed by atoms with Gasteiger partial charge in [0.1, 0.15) is 0 Å². The molecule has 1 atom stereocenters. The Hall–Kier alpha value is -1.61. The molecule has 1 fully saturated rings. The zero-order valence-corrected chi connectivity index (χ0v) is 10.7. The van der Waals surface area contributed by atoms with E-state index in [9.17, 15) is 0 Å². The summed E-state index contributed by atoms with van der Waals surface area (Å²) in [6.07, 6.45) is 6.31. The van der Waals surface area contributed by atoms with Crippen LogP contribution in [0.4, 0.5) is 0 Å². The molecule has 0 saturated heterocycles. The summed E-state index contributed by atoms with van der Waals surface area (Å²) in [5.41, 5.74) is 8.62. The van der Waals surface area contributed by atoms with Gasteiger partial charge in [0.2, 0.25) is 0 Å². The van der Waals surface area contributed by atoms with Crippen LogP contribution in [0.2, 0.25) is 0 Å². The van der Waals surface area contributed by atoms with Crippen LogP contribution < -0.4 is 5.73 Å². The van der Waals surface area contributed by atoms with Crippen LogP contribution in [0.15, 0.2) is 42.9 Å². The SMILES string of the molecule is CC1CC(n2cncc2C(N)c2ccccc2)C1. The van der Waals surface area contributed by atoms with Gasteiger partial charge in [0.05, 0.1) is 24.3 Å². The Bertz CT molecular complexity index is 512. The molecule has 1 heterocycles. The van der Waals surface area contributed by atoms with Crippen LogP contribution >= 0.6 is 0 Å². The molecular formula is C15H19N3. The molecule has 0 bridgehead atoms. The zero-order chi connectivity index (χ0) is 12.5. The highest BCUT2D eigenvalue weighted by molar-refractivity contribution is 5.26. The maximum Gasteiger partial charge on any atom is 0.0951 e. The number of hydrogen-bond donors (Lipinski definition) is 1. The Balaban J connectivity index is 1.86. The molecule has 0 spiro atoms. The van der Waals surface area contributed by atoms with E-state index in [1.54, 1.807) is 0 Å². The average molecular weight is 241 g/mol. The van der Waals surface area contributed by atoms with Crippen molar-refractivity contribution in [3.8, 4) is 0 Å². The fourth-order valence-corrected chi connectivity index (χ4v) is 2.78. The van der Waals surface area contributed by atoms with E-state index in [2.05, 4.69) is 28.6 Å². The van der Waals surface area contributed by atoms with Crippen LogP contribution in [0.3, 0.4) is 0 Å². The molecule has 1 saturated carbocycles. The molecule has 2 N–H and O–H groups in total. The molecule has 0 radical (unpaired) electrons. The van der Waals surface area contributed by atoms with Gasteiger partial charge in [0, 0.05) is 6.04 Å². The molecule has 3 rings (SSSR count). The van der Waals surface area contributed by atoms with Crippen molar-refractivity contribution in [2.75, 3.05) is 0 Å². The number of nitrogens with zero attached hydrogens (tertiary/aromatic N) is 2. The number of imidazole rings is 1. The fraction of sp³-hybridized carbons (Fsp3) is 0.400. The summed E-state index contributed by atoms with van der Waals surface area (Å²) >= 11 is 0. The first-order valence-corrected chi connectivity index (χ1v) is 6.58. The van der Waals surface area contributed by atoms with E-state index in [0.717, 1.165) is 17.2 Å². The maximum absolute atomic E-state index is 6.35. The summed E-state index contributed by atoms with van der Waals surface area (Å²) in [6, 6.07) is 10.7. The van der Waals surface area contributed by atoms with E-state index < -0.39 is 0 Å². The van der Waals surface area contributed by atoms with Gasteiger partial charge in [0.25, 0.3) is 0 Å². The summed E-state index contributed by atoms with van der Waals surface area (Å²) < 4.78 is 2.26. The third-order valence-corrected chi connectivity index (χ3v) is 3.92. The molecular weight excluding hydrogens is 222 g/mol. The average Bonchev–Trinajstić information content (AvgIpc) is 2.84. The van der Waals surface area contributed by atoms with Crippen molar-refractivity contribution < 1.29 is 0 Å². The predicted octanol–water partition coefficient (Wildman–Crippen LogP) is 2.90. The zero-order valence-electron chi connectivity index (χ0n) is 10.7. The Morgan fingerprint density at radius 2 is 2.00 bits per heavy atom. The van der Waals surface area contributed by atoms with Crippen molar-refractivity contribution in [3.63, 3.8) is 0 Å². The normalized spacial score (nSPS) is 24.6. The summed E-state index contributed by atoms with van der Waals surface area (Å²) in [6.45, 7) is 2.30. The Labute approximate surface area is 108 Å². The minimum atomic E-state index is -0.0791. The molecule has 1 unspecified atom stereocenters. The van der Waals surface area contributed by atoms with Gasteiger partial charge < -0.3 is 10.3 Å². The Morgan fingerprint density at radius 1 is 1.28 bits per heavy atom. The smallest absolute Gasteiger partial charge is 0.0951 e. The quantitative estimate of drug-likeness (QED) is 0.898. The van der Waals surface area contributed by atoms with Crippen LogP contribution in [-0.4, -0.2) is 9.55 Å². The third-order valence-electron chi connectivity index (χ3n) is 3.92. The molecule has 18 heavy (non-hydrogen) atoms. The van der Waals surface area contributed by atoms with Gasteiger partial charge in [-0.1, -0.05) is 37.3 Å². The van der Waals surface area contributed by atoms with E-state index in [1.165, 1.54) is 12.8 Å². The van der Waals surface area contributed by atoms with Crippen molar-refractivity contribution in [1.82, 2.24) is 9.55 Å². The topological polar surface area (TPSA) is 43.8 Å². The van der Waals surface area contributed by atoms with Crippen LogP contribution in [0, 0.1) is 5.92 Å². The maximum atomic E-state index is 6.35. The monoisotopic (exact) mass is 241 g/mol. The number of benzene rings is 1. The molecule has 3 nitrogen and oxygen atoms in total. The molecule has 0 aliphatic heterocycles. The van der Waals surface area contributed by atoms with Gasteiger partial charge in [-0.15, -0.1) is 0 Å². The first-order valence-electron chi connectivity index (χ1n) is 6.58. The summed E-state index contributed by atoms with van der Waals surface area (Å²) in [5.74, 6) is 0.832. The first kappa shape index (κ1) is 11.5. The molecule has 1 aromatic carbocycles. The number of aromatic nitrogens is 2. The van der Waals surface area contributed by atoms with Gasteiger partial charge in [-0.05, 0) is 24.3 Å². The van der Waals surface area contributed by atoms with Gasteiger partial charge in [-0.25, -0.2) is 4.98 Å². The second kappa shape index (κ2) is 4.58. The van der Waals surface area contributed by atoms with Crippen molar-refractivity contribution in [3.05, 3.63) is 54.1 Å². The lowest BCUT2D eigenvalue weighted by molar-refractivity contribution is 0.211. The largest absolute Gasteiger partial charge is 0.330 e. The van der Waals surface area contributed by atoms with Crippen LogP contribution in [0.25, 0.3) is 0 Å². The lowest BCUT2D eigenvalue weighted by atomic mass is 9.81. The molecule has 94 valence electrons. The highest BCUT2D eigenvalue weighted by Crippen LogP contribution is 2.38. The first-order chi connectivity index (χ1) is 8.75. The van der Waals surface area contributed by atoms with Gasteiger partial charge in [-0.3, -0.25) is 0 Å². The number of rotatable bonds is 3. The molecule has 3 heteroatoms. The predicted molar refractivity (Wildman–Crippen MR) is 72.1 cm³/mol. The van der Waals surface area contributed by atoms with E-state index >= 15 is 0 Å².